The van der Waals surface area contributed by atoms with Crippen molar-refractivity contribution in [2.45, 2.75) is 31.3 Å². The molecule has 1 nitrogen and oxygen atoms in total. The van der Waals surface area contributed by atoms with E-state index >= 15 is 0 Å². The molecule has 0 bridgehead atoms. The molecular formula is C10H13IOS. The van der Waals surface area contributed by atoms with E-state index in [-0.39, 0.29) is 0 Å². The van der Waals surface area contributed by atoms with Crippen LogP contribution in [0.5, 0.6) is 0 Å². The summed E-state index contributed by atoms with van der Waals surface area (Å²) in [7, 11) is 1.70. The molecule has 0 radical (unpaired) electrons. The van der Waals surface area contributed by atoms with Crippen molar-refractivity contribution in [2.24, 2.45) is 0 Å². The highest BCUT2D eigenvalue weighted by atomic mass is 127. The fourth-order valence-corrected chi connectivity index (χ4v) is 2.90. The van der Waals surface area contributed by atoms with Crippen molar-refractivity contribution in [1.82, 2.24) is 0 Å². The lowest BCUT2D eigenvalue weighted by atomic mass is 9.97. The van der Waals surface area contributed by atoms with Gasteiger partial charge in [-0.15, -0.1) is 0 Å². The van der Waals surface area contributed by atoms with Gasteiger partial charge in [0.2, 0.25) is 0 Å². The monoisotopic (exact) mass is 308 g/mol. The molecule has 0 heterocycles. The summed E-state index contributed by atoms with van der Waals surface area (Å²) in [5.41, 5.74) is 1.46. The Kier molecular flexibility index (Phi) is 3.65. The summed E-state index contributed by atoms with van der Waals surface area (Å²) >= 11 is 2.27. The van der Waals surface area contributed by atoms with E-state index in [2.05, 4.69) is 34.2 Å². The quantitative estimate of drug-likeness (QED) is 0.841. The van der Waals surface area contributed by atoms with Crippen LogP contribution in [0.2, 0.25) is 0 Å². The van der Waals surface area contributed by atoms with E-state index in [0.717, 1.165) is 5.56 Å². The zero-order valence-corrected chi connectivity index (χ0v) is 10.9. The highest BCUT2D eigenvalue weighted by molar-refractivity contribution is 14.2. The van der Waals surface area contributed by atoms with Gasteiger partial charge in [0.15, 0.2) is 0 Å². The number of aryl methyl sites for hydroxylation is 1. The standard InChI is InChI=1S/C10H13IOS/c1-7-6-8(10(2,3)12)4-5-9(7)13-11/h4-6,12H,1-3H3. The molecule has 0 saturated carbocycles. The molecule has 13 heavy (non-hydrogen) atoms. The van der Waals surface area contributed by atoms with Gasteiger partial charge in [0, 0.05) is 26.1 Å². The zero-order valence-electron chi connectivity index (χ0n) is 7.97. The third kappa shape index (κ3) is 2.86. The maximum atomic E-state index is 9.77. The van der Waals surface area contributed by atoms with Crippen LogP contribution in [-0.4, -0.2) is 5.11 Å². The third-order valence-corrected chi connectivity index (χ3v) is 4.01. The maximum Gasteiger partial charge on any atom is 0.0840 e. The molecule has 1 N–H and O–H groups in total. The Morgan fingerprint density at radius 2 is 2.00 bits per heavy atom. The molecule has 0 unspecified atom stereocenters. The normalized spacial score (nSPS) is 11.8. The van der Waals surface area contributed by atoms with Crippen LogP contribution < -0.4 is 0 Å². The highest BCUT2D eigenvalue weighted by Gasteiger charge is 2.16. The molecule has 1 aromatic rings. The second-order valence-electron chi connectivity index (χ2n) is 3.62. The maximum absolute atomic E-state index is 9.77. The van der Waals surface area contributed by atoms with E-state index in [4.69, 9.17) is 0 Å². The number of benzene rings is 1. The molecule has 0 spiro atoms. The summed E-state index contributed by atoms with van der Waals surface area (Å²) < 4.78 is 0. The van der Waals surface area contributed by atoms with Gasteiger partial charge < -0.3 is 5.11 Å². The summed E-state index contributed by atoms with van der Waals surface area (Å²) in [6.07, 6.45) is 0. The molecule has 1 aromatic carbocycles. The largest absolute Gasteiger partial charge is 0.386 e. The minimum Gasteiger partial charge on any atom is -0.386 e. The van der Waals surface area contributed by atoms with Crippen molar-refractivity contribution in [2.75, 3.05) is 0 Å². The van der Waals surface area contributed by atoms with Gasteiger partial charge >= 0.3 is 0 Å². The molecule has 0 aromatic heterocycles. The molecule has 3 heteroatoms. The van der Waals surface area contributed by atoms with Crippen LogP contribution >= 0.6 is 30.1 Å². The van der Waals surface area contributed by atoms with Crippen molar-refractivity contribution in [3.8, 4) is 0 Å². The summed E-state index contributed by atoms with van der Waals surface area (Å²) in [6.45, 7) is 5.67. The number of halogens is 1. The molecular weight excluding hydrogens is 295 g/mol. The number of hydrogen-bond acceptors (Lipinski definition) is 2. The second kappa shape index (κ2) is 4.19. The van der Waals surface area contributed by atoms with Crippen molar-refractivity contribution in [3.05, 3.63) is 29.3 Å². The van der Waals surface area contributed by atoms with Crippen LogP contribution in [0.4, 0.5) is 0 Å². The van der Waals surface area contributed by atoms with E-state index in [1.54, 1.807) is 22.8 Å². The van der Waals surface area contributed by atoms with Crippen LogP contribution in [0, 0.1) is 6.92 Å². The van der Waals surface area contributed by atoms with Gasteiger partial charge in [0.25, 0.3) is 0 Å². The van der Waals surface area contributed by atoms with Gasteiger partial charge in [0.05, 0.1) is 5.60 Å². The first kappa shape index (κ1) is 11.3. The third-order valence-electron chi connectivity index (χ3n) is 1.96. The predicted molar refractivity (Wildman–Crippen MR) is 66.3 cm³/mol. The highest BCUT2D eigenvalue weighted by Crippen LogP contribution is 2.31. The lowest BCUT2D eigenvalue weighted by molar-refractivity contribution is 0.0785. The topological polar surface area (TPSA) is 20.2 Å². The summed E-state index contributed by atoms with van der Waals surface area (Å²) in [6, 6.07) is 6.08. The summed E-state index contributed by atoms with van der Waals surface area (Å²) in [4.78, 5) is 1.26. The van der Waals surface area contributed by atoms with Gasteiger partial charge in [-0.3, -0.25) is 0 Å². The molecule has 0 aliphatic carbocycles. The Labute approximate surface area is 95.5 Å². The minimum atomic E-state index is -0.737. The van der Waals surface area contributed by atoms with E-state index in [9.17, 15) is 5.11 Å². The fraction of sp³-hybridized carbons (Fsp3) is 0.400. The van der Waals surface area contributed by atoms with Crippen LogP contribution in [0.3, 0.4) is 0 Å². The number of rotatable bonds is 2. The first-order valence-electron chi connectivity index (χ1n) is 4.07. The molecule has 1 rings (SSSR count). The van der Waals surface area contributed by atoms with Crippen LogP contribution in [0.1, 0.15) is 25.0 Å². The number of hydrogen-bond donors (Lipinski definition) is 1. The average molecular weight is 308 g/mol. The van der Waals surface area contributed by atoms with E-state index in [0.29, 0.717) is 0 Å². The lowest BCUT2D eigenvalue weighted by Gasteiger charge is -2.18. The van der Waals surface area contributed by atoms with Gasteiger partial charge in [-0.2, -0.15) is 0 Å². The molecule has 0 atom stereocenters. The zero-order chi connectivity index (χ0) is 10.1. The van der Waals surface area contributed by atoms with Crippen molar-refractivity contribution in [3.63, 3.8) is 0 Å². The molecule has 0 fully saturated rings. The predicted octanol–water partition coefficient (Wildman–Crippen LogP) is 3.66. The first-order chi connectivity index (χ1) is 5.95. The Hall–Kier alpha value is 0.260. The number of aliphatic hydroxyl groups is 1. The fourth-order valence-electron chi connectivity index (χ4n) is 1.12. The molecule has 0 saturated heterocycles. The first-order valence-corrected chi connectivity index (χ1v) is 7.43. The summed E-state index contributed by atoms with van der Waals surface area (Å²) in [5, 5.41) is 9.77. The van der Waals surface area contributed by atoms with Crippen LogP contribution in [0.25, 0.3) is 0 Å². The Morgan fingerprint density at radius 3 is 2.38 bits per heavy atom. The smallest absolute Gasteiger partial charge is 0.0840 e. The Morgan fingerprint density at radius 1 is 1.38 bits per heavy atom. The van der Waals surface area contributed by atoms with E-state index < -0.39 is 5.60 Å². The van der Waals surface area contributed by atoms with Crippen LogP contribution in [-0.2, 0) is 5.60 Å². The van der Waals surface area contributed by atoms with Crippen LogP contribution in [0.15, 0.2) is 23.1 Å². The summed E-state index contributed by atoms with van der Waals surface area (Å²) in [5.74, 6) is 0. The van der Waals surface area contributed by atoms with Crippen molar-refractivity contribution in [1.29, 1.82) is 0 Å². The Balaban J connectivity index is 3.10. The van der Waals surface area contributed by atoms with Crippen molar-refractivity contribution < 1.29 is 5.11 Å². The average Bonchev–Trinajstić information content (AvgIpc) is 2.02. The molecule has 0 amide bonds. The van der Waals surface area contributed by atoms with Gasteiger partial charge in [-0.1, -0.05) is 21.1 Å². The lowest BCUT2D eigenvalue weighted by Crippen LogP contribution is -2.15. The minimum absolute atomic E-state index is 0.737. The molecule has 0 aliphatic rings. The SMILES string of the molecule is Cc1cc(C(C)(C)O)ccc1SI. The Bertz CT molecular complexity index is 304. The van der Waals surface area contributed by atoms with E-state index in [1.165, 1.54) is 10.5 Å². The van der Waals surface area contributed by atoms with Gasteiger partial charge in [0.1, 0.15) is 0 Å². The van der Waals surface area contributed by atoms with Gasteiger partial charge in [-0.05, 0) is 38.0 Å². The molecule has 72 valence electrons. The van der Waals surface area contributed by atoms with Gasteiger partial charge in [-0.25, -0.2) is 0 Å². The molecule has 0 aliphatic heterocycles. The van der Waals surface area contributed by atoms with E-state index in [1.807, 2.05) is 12.1 Å². The second-order valence-corrected chi connectivity index (χ2v) is 5.53. The van der Waals surface area contributed by atoms with Crippen molar-refractivity contribution >= 4 is 30.1 Å².